The maximum atomic E-state index is 12.9. The zero-order valence-corrected chi connectivity index (χ0v) is 16.7. The molecule has 1 aromatic heterocycles. The van der Waals surface area contributed by atoms with E-state index >= 15 is 0 Å². The zero-order chi connectivity index (χ0) is 21.6. The normalized spacial score (nSPS) is 11.5. The smallest absolute Gasteiger partial charge is 0.356 e. The van der Waals surface area contributed by atoms with E-state index in [-0.39, 0.29) is 5.56 Å². The monoisotopic (exact) mass is 415 g/mol. The molecule has 30 heavy (non-hydrogen) atoms. The molecule has 0 fully saturated rings. The van der Waals surface area contributed by atoms with Gasteiger partial charge in [-0.3, -0.25) is 9.36 Å². The molecule has 4 nitrogen and oxygen atoms in total. The van der Waals surface area contributed by atoms with E-state index in [2.05, 4.69) is 17.2 Å². The van der Waals surface area contributed by atoms with E-state index in [0.29, 0.717) is 30.3 Å². The van der Waals surface area contributed by atoms with Crippen LogP contribution in [0.25, 0.3) is 11.3 Å². The number of hydrogen-bond acceptors (Lipinski definition) is 3. The second kappa shape index (κ2) is 9.61. The fourth-order valence-corrected chi connectivity index (χ4v) is 3.11. The number of nitrogens with zero attached hydrogens (tertiary/aromatic N) is 2. The molecule has 2 aromatic carbocycles. The summed E-state index contributed by atoms with van der Waals surface area (Å²) in [6.45, 7) is 3.12. The largest absolute Gasteiger partial charge is 0.416 e. The van der Waals surface area contributed by atoms with Crippen molar-refractivity contribution < 1.29 is 13.2 Å². The lowest BCUT2D eigenvalue weighted by Crippen LogP contribution is -2.25. The Kier molecular flexibility index (Phi) is 6.92. The molecule has 3 aromatic rings. The fourth-order valence-electron chi connectivity index (χ4n) is 3.11. The fraction of sp³-hybridized carbons (Fsp3) is 0.304. The summed E-state index contributed by atoms with van der Waals surface area (Å²) >= 11 is 0. The molecule has 1 heterocycles. The predicted octanol–water partition coefficient (Wildman–Crippen LogP) is 5.58. The van der Waals surface area contributed by atoms with Gasteiger partial charge >= 0.3 is 6.18 Å². The lowest BCUT2D eigenvalue weighted by Gasteiger charge is -2.15. The Labute approximate surface area is 173 Å². The van der Waals surface area contributed by atoms with Crippen LogP contribution in [0.2, 0.25) is 0 Å². The average Bonchev–Trinajstić information content (AvgIpc) is 2.73. The van der Waals surface area contributed by atoms with Crippen molar-refractivity contribution in [2.24, 2.45) is 0 Å². The van der Waals surface area contributed by atoms with Crippen LogP contribution >= 0.6 is 0 Å². The number of anilines is 1. The maximum absolute atomic E-state index is 12.9. The van der Waals surface area contributed by atoms with Gasteiger partial charge in [-0.2, -0.15) is 13.2 Å². The third-order valence-corrected chi connectivity index (χ3v) is 4.76. The van der Waals surface area contributed by atoms with Crippen LogP contribution in [0.15, 0.2) is 65.5 Å². The summed E-state index contributed by atoms with van der Waals surface area (Å²) in [7, 11) is 0. The molecule has 0 radical (unpaired) electrons. The minimum Gasteiger partial charge on any atom is -0.356 e. The van der Waals surface area contributed by atoms with E-state index < -0.39 is 11.7 Å². The summed E-state index contributed by atoms with van der Waals surface area (Å²) in [5.41, 5.74) is 0.767. The van der Waals surface area contributed by atoms with Crippen LogP contribution in [-0.2, 0) is 12.7 Å². The van der Waals surface area contributed by atoms with Gasteiger partial charge in [0.15, 0.2) is 0 Å². The Morgan fingerprint density at radius 3 is 2.33 bits per heavy atom. The van der Waals surface area contributed by atoms with E-state index in [9.17, 15) is 18.0 Å². The second-order valence-corrected chi connectivity index (χ2v) is 7.08. The van der Waals surface area contributed by atoms with Crippen molar-refractivity contribution in [1.82, 2.24) is 9.55 Å². The highest BCUT2D eigenvalue weighted by Crippen LogP contribution is 2.30. The summed E-state index contributed by atoms with van der Waals surface area (Å²) < 4.78 is 40.1. The third-order valence-electron chi connectivity index (χ3n) is 4.76. The number of rotatable bonds is 8. The number of unbranched alkanes of at least 4 members (excludes halogenated alkanes) is 2. The van der Waals surface area contributed by atoms with Crippen molar-refractivity contribution >= 4 is 5.95 Å². The van der Waals surface area contributed by atoms with Crippen molar-refractivity contribution in [3.63, 3.8) is 0 Å². The van der Waals surface area contributed by atoms with E-state index in [0.717, 1.165) is 37.0 Å². The van der Waals surface area contributed by atoms with Crippen molar-refractivity contribution in [2.75, 3.05) is 11.9 Å². The van der Waals surface area contributed by atoms with Crippen LogP contribution in [0.3, 0.4) is 0 Å². The van der Waals surface area contributed by atoms with Gasteiger partial charge in [0.25, 0.3) is 5.56 Å². The Bertz CT molecular complexity index is 1010. The van der Waals surface area contributed by atoms with Gasteiger partial charge in [-0.25, -0.2) is 4.98 Å². The van der Waals surface area contributed by atoms with Crippen molar-refractivity contribution in [3.05, 3.63) is 82.1 Å². The lowest BCUT2D eigenvalue weighted by atomic mass is 10.1. The molecule has 0 aliphatic carbocycles. The quantitative estimate of drug-likeness (QED) is 0.489. The first-order valence-electron chi connectivity index (χ1n) is 9.96. The molecule has 0 atom stereocenters. The molecule has 0 unspecified atom stereocenters. The Morgan fingerprint density at radius 1 is 1.00 bits per heavy atom. The van der Waals surface area contributed by atoms with Gasteiger partial charge in [-0.1, -0.05) is 62.2 Å². The van der Waals surface area contributed by atoms with E-state index in [1.54, 1.807) is 4.57 Å². The lowest BCUT2D eigenvalue weighted by molar-refractivity contribution is -0.137. The van der Waals surface area contributed by atoms with Crippen molar-refractivity contribution in [2.45, 2.75) is 38.9 Å². The third kappa shape index (κ3) is 5.49. The van der Waals surface area contributed by atoms with E-state index in [1.807, 2.05) is 30.3 Å². The Hall–Kier alpha value is -3.09. The van der Waals surface area contributed by atoms with Crippen molar-refractivity contribution in [1.29, 1.82) is 0 Å². The van der Waals surface area contributed by atoms with Crippen LogP contribution in [0, 0.1) is 0 Å². The highest BCUT2D eigenvalue weighted by atomic mass is 19.4. The molecule has 0 amide bonds. The molecular weight excluding hydrogens is 391 g/mol. The molecule has 0 bridgehead atoms. The van der Waals surface area contributed by atoms with Gasteiger partial charge < -0.3 is 5.32 Å². The minimum atomic E-state index is -4.41. The molecule has 0 saturated carbocycles. The number of benzene rings is 2. The molecule has 158 valence electrons. The van der Waals surface area contributed by atoms with Gasteiger partial charge in [-0.15, -0.1) is 0 Å². The molecule has 0 saturated heterocycles. The van der Waals surface area contributed by atoms with Gasteiger partial charge in [-0.05, 0) is 24.1 Å². The SMILES string of the molecule is CCCCCNc1nc(-c2ccc(C(F)(F)F)cc2)cc(=O)n1Cc1ccccc1. The van der Waals surface area contributed by atoms with Gasteiger partial charge in [0.1, 0.15) is 0 Å². The minimum absolute atomic E-state index is 0.262. The second-order valence-electron chi connectivity index (χ2n) is 7.08. The van der Waals surface area contributed by atoms with Crippen LogP contribution in [0.5, 0.6) is 0 Å². The first kappa shape index (κ1) is 21.6. The summed E-state index contributed by atoms with van der Waals surface area (Å²) in [5.74, 6) is 0.414. The summed E-state index contributed by atoms with van der Waals surface area (Å²) in [4.78, 5) is 17.4. The number of halogens is 3. The highest BCUT2D eigenvalue weighted by molar-refractivity contribution is 5.60. The van der Waals surface area contributed by atoms with Gasteiger partial charge in [0.05, 0.1) is 17.8 Å². The van der Waals surface area contributed by atoms with Crippen LogP contribution in [-0.4, -0.2) is 16.1 Å². The Morgan fingerprint density at radius 2 is 1.70 bits per heavy atom. The Balaban J connectivity index is 1.95. The standard InChI is InChI=1S/C23H24F3N3O/c1-2-3-7-14-27-22-28-20(18-10-12-19(13-11-18)23(24,25)26)15-21(30)29(22)16-17-8-5-4-6-9-17/h4-6,8-13,15H,2-3,7,14,16H2,1H3,(H,27,28). The molecule has 0 spiro atoms. The predicted molar refractivity (Wildman–Crippen MR) is 112 cm³/mol. The maximum Gasteiger partial charge on any atom is 0.416 e. The van der Waals surface area contributed by atoms with Crippen LogP contribution < -0.4 is 10.9 Å². The first-order chi connectivity index (χ1) is 14.4. The highest BCUT2D eigenvalue weighted by Gasteiger charge is 2.30. The molecule has 7 heteroatoms. The summed E-state index contributed by atoms with van der Waals surface area (Å²) in [6.07, 6.45) is -1.36. The van der Waals surface area contributed by atoms with Crippen LogP contribution in [0.1, 0.15) is 37.3 Å². The number of alkyl halides is 3. The summed E-state index contributed by atoms with van der Waals surface area (Å²) in [6, 6.07) is 15.6. The molecule has 0 aliphatic heterocycles. The topological polar surface area (TPSA) is 46.9 Å². The van der Waals surface area contributed by atoms with E-state index in [4.69, 9.17) is 0 Å². The van der Waals surface area contributed by atoms with E-state index in [1.165, 1.54) is 18.2 Å². The first-order valence-corrected chi connectivity index (χ1v) is 9.96. The van der Waals surface area contributed by atoms with Gasteiger partial charge in [0, 0.05) is 18.2 Å². The number of nitrogens with one attached hydrogen (secondary N) is 1. The molecule has 0 aliphatic rings. The number of hydrogen-bond donors (Lipinski definition) is 1. The molecule has 1 N–H and O–H groups in total. The van der Waals surface area contributed by atoms with Gasteiger partial charge in [0.2, 0.25) is 5.95 Å². The summed E-state index contributed by atoms with van der Waals surface area (Å²) in [5, 5.41) is 3.23. The zero-order valence-electron chi connectivity index (χ0n) is 16.7. The van der Waals surface area contributed by atoms with Crippen LogP contribution in [0.4, 0.5) is 19.1 Å². The molecule has 3 rings (SSSR count). The molecular formula is C23H24F3N3O. The average molecular weight is 415 g/mol. The number of aromatic nitrogens is 2. The van der Waals surface area contributed by atoms with Crippen molar-refractivity contribution in [3.8, 4) is 11.3 Å².